The van der Waals surface area contributed by atoms with Crippen molar-refractivity contribution in [2.24, 2.45) is 0 Å². The predicted octanol–water partition coefficient (Wildman–Crippen LogP) is 2.27. The van der Waals surface area contributed by atoms with Crippen molar-refractivity contribution in [2.45, 2.75) is 32.2 Å². The molecule has 1 saturated heterocycles. The van der Waals surface area contributed by atoms with Crippen LogP contribution in [0.25, 0.3) is 0 Å². The maximum Gasteiger partial charge on any atom is 0.323 e. The summed E-state index contributed by atoms with van der Waals surface area (Å²) in [4.78, 5) is 25.8. The molecule has 3 amide bonds. The average Bonchev–Trinajstić information content (AvgIpc) is 2.90. The summed E-state index contributed by atoms with van der Waals surface area (Å²) in [7, 11) is 0. The number of rotatable bonds is 4. The van der Waals surface area contributed by atoms with Crippen LogP contribution >= 0.6 is 11.3 Å². The summed E-state index contributed by atoms with van der Waals surface area (Å²) in [5, 5.41) is 8.39. The smallest absolute Gasteiger partial charge is 0.323 e. The first kappa shape index (κ1) is 13.9. The van der Waals surface area contributed by atoms with E-state index < -0.39 is 0 Å². The predicted molar refractivity (Wildman–Crippen MR) is 76.4 cm³/mol. The minimum Gasteiger partial charge on any atom is -0.353 e. The van der Waals surface area contributed by atoms with Crippen LogP contribution in [0.2, 0.25) is 0 Å². The van der Waals surface area contributed by atoms with E-state index in [1.807, 2.05) is 17.5 Å². The van der Waals surface area contributed by atoms with Gasteiger partial charge in [0.05, 0.1) is 5.00 Å². The molecule has 1 aliphatic heterocycles. The zero-order valence-electron chi connectivity index (χ0n) is 11.0. The van der Waals surface area contributed by atoms with Crippen LogP contribution in [-0.4, -0.2) is 36.0 Å². The molecule has 0 aliphatic carbocycles. The van der Waals surface area contributed by atoms with E-state index in [0.29, 0.717) is 13.1 Å². The van der Waals surface area contributed by atoms with Crippen LogP contribution in [0.15, 0.2) is 17.5 Å². The van der Waals surface area contributed by atoms with Gasteiger partial charge in [-0.05, 0) is 23.9 Å². The number of amides is 3. The van der Waals surface area contributed by atoms with Crippen LogP contribution in [0.1, 0.15) is 26.2 Å². The number of nitrogens with one attached hydrogen (secondary N) is 2. The molecule has 2 N–H and O–H groups in total. The average molecular weight is 281 g/mol. The van der Waals surface area contributed by atoms with Gasteiger partial charge in [0.15, 0.2) is 0 Å². The molecule has 0 bridgehead atoms. The summed E-state index contributed by atoms with van der Waals surface area (Å²) in [5.74, 6) is -0.0407. The second kappa shape index (κ2) is 6.56. The summed E-state index contributed by atoms with van der Waals surface area (Å²) < 4.78 is 0. The second-order valence-corrected chi connectivity index (χ2v) is 5.50. The van der Waals surface area contributed by atoms with E-state index in [2.05, 4.69) is 17.6 Å². The van der Waals surface area contributed by atoms with Crippen LogP contribution in [0, 0.1) is 0 Å². The van der Waals surface area contributed by atoms with E-state index in [4.69, 9.17) is 0 Å². The van der Waals surface area contributed by atoms with Gasteiger partial charge in [-0.2, -0.15) is 0 Å². The van der Waals surface area contributed by atoms with Gasteiger partial charge in [0.25, 0.3) is 0 Å². The van der Waals surface area contributed by atoms with Crippen LogP contribution < -0.4 is 10.6 Å². The van der Waals surface area contributed by atoms with Crippen LogP contribution in [0.3, 0.4) is 0 Å². The highest BCUT2D eigenvalue weighted by Gasteiger charge is 2.32. The molecule has 2 rings (SSSR count). The Morgan fingerprint density at radius 1 is 1.63 bits per heavy atom. The summed E-state index contributed by atoms with van der Waals surface area (Å²) >= 11 is 1.48. The Hall–Kier alpha value is -1.56. The lowest BCUT2D eigenvalue weighted by Gasteiger charge is -2.34. The number of piperazine rings is 1. The molecule has 2 heterocycles. The van der Waals surface area contributed by atoms with E-state index in [1.54, 1.807) is 4.90 Å². The molecule has 104 valence electrons. The second-order valence-electron chi connectivity index (χ2n) is 4.55. The van der Waals surface area contributed by atoms with Gasteiger partial charge >= 0.3 is 6.03 Å². The lowest BCUT2D eigenvalue weighted by atomic mass is 10.1. The van der Waals surface area contributed by atoms with Gasteiger partial charge in [-0.15, -0.1) is 11.3 Å². The summed E-state index contributed by atoms with van der Waals surface area (Å²) in [6.07, 6.45) is 2.69. The largest absolute Gasteiger partial charge is 0.353 e. The Labute approximate surface area is 117 Å². The third kappa shape index (κ3) is 3.47. The lowest BCUT2D eigenvalue weighted by molar-refractivity contribution is -0.127. The van der Waals surface area contributed by atoms with Crippen molar-refractivity contribution in [1.82, 2.24) is 10.2 Å². The zero-order chi connectivity index (χ0) is 13.7. The van der Waals surface area contributed by atoms with Gasteiger partial charge < -0.3 is 10.2 Å². The molecule has 0 spiro atoms. The van der Waals surface area contributed by atoms with Gasteiger partial charge in [-0.25, -0.2) is 4.79 Å². The molecule has 1 fully saturated rings. The zero-order valence-corrected chi connectivity index (χ0v) is 11.8. The van der Waals surface area contributed by atoms with E-state index >= 15 is 0 Å². The van der Waals surface area contributed by atoms with Crippen LogP contribution in [-0.2, 0) is 4.79 Å². The molecule has 0 unspecified atom stereocenters. The van der Waals surface area contributed by atoms with Crippen LogP contribution in [0.4, 0.5) is 9.80 Å². The highest BCUT2D eigenvalue weighted by atomic mass is 32.1. The number of carbonyl (C=O) groups excluding carboxylic acids is 2. The molecule has 5 nitrogen and oxygen atoms in total. The fourth-order valence-electron chi connectivity index (χ4n) is 2.17. The van der Waals surface area contributed by atoms with E-state index in [0.717, 1.165) is 24.3 Å². The van der Waals surface area contributed by atoms with Gasteiger partial charge in [-0.1, -0.05) is 19.8 Å². The topological polar surface area (TPSA) is 61.4 Å². The maximum absolute atomic E-state index is 12.2. The molecular formula is C13H19N3O2S. The first-order valence-electron chi connectivity index (χ1n) is 6.61. The summed E-state index contributed by atoms with van der Waals surface area (Å²) in [5.41, 5.74) is 0. The Morgan fingerprint density at radius 3 is 3.16 bits per heavy atom. The number of urea groups is 1. The molecular weight excluding hydrogens is 262 g/mol. The fourth-order valence-corrected chi connectivity index (χ4v) is 2.78. The quantitative estimate of drug-likeness (QED) is 0.889. The molecule has 6 heteroatoms. The van der Waals surface area contributed by atoms with Crippen molar-refractivity contribution in [3.63, 3.8) is 0 Å². The SMILES string of the molecule is CCCC[C@@H]1C(=O)NCCN1C(=O)Nc1cccs1. The Balaban J connectivity index is 2.01. The maximum atomic E-state index is 12.2. The first-order chi connectivity index (χ1) is 9.22. The number of hydrogen-bond acceptors (Lipinski definition) is 3. The normalized spacial score (nSPS) is 19.1. The highest BCUT2D eigenvalue weighted by molar-refractivity contribution is 7.14. The van der Waals surface area contributed by atoms with E-state index in [9.17, 15) is 9.59 Å². The van der Waals surface area contributed by atoms with Gasteiger partial charge in [0, 0.05) is 13.1 Å². The van der Waals surface area contributed by atoms with E-state index in [1.165, 1.54) is 11.3 Å². The molecule has 0 radical (unpaired) electrons. The Bertz CT molecular complexity index is 433. The number of anilines is 1. The number of carbonyl (C=O) groups is 2. The van der Waals surface area contributed by atoms with Crippen molar-refractivity contribution in [2.75, 3.05) is 18.4 Å². The highest BCUT2D eigenvalue weighted by Crippen LogP contribution is 2.18. The van der Waals surface area contributed by atoms with Crippen molar-refractivity contribution in [1.29, 1.82) is 0 Å². The molecule has 0 saturated carbocycles. The van der Waals surface area contributed by atoms with Gasteiger partial charge in [0.1, 0.15) is 6.04 Å². The molecule has 19 heavy (non-hydrogen) atoms. The molecule has 1 aromatic heterocycles. The first-order valence-corrected chi connectivity index (χ1v) is 7.49. The van der Waals surface area contributed by atoms with E-state index in [-0.39, 0.29) is 18.0 Å². The molecule has 1 atom stereocenters. The van der Waals surface area contributed by atoms with Gasteiger partial charge in [-0.3, -0.25) is 10.1 Å². The lowest BCUT2D eigenvalue weighted by Crippen LogP contribution is -2.58. The van der Waals surface area contributed by atoms with Crippen molar-refractivity contribution in [3.05, 3.63) is 17.5 Å². The number of thiophene rings is 1. The molecule has 0 aromatic carbocycles. The van der Waals surface area contributed by atoms with Crippen molar-refractivity contribution in [3.8, 4) is 0 Å². The fraction of sp³-hybridized carbons (Fsp3) is 0.538. The van der Waals surface area contributed by atoms with Gasteiger partial charge in [0.2, 0.25) is 5.91 Å². The summed E-state index contributed by atoms with van der Waals surface area (Å²) in [6, 6.07) is 3.22. The Kier molecular flexibility index (Phi) is 4.79. The monoisotopic (exact) mass is 281 g/mol. The number of nitrogens with zero attached hydrogens (tertiary/aromatic N) is 1. The minimum absolute atomic E-state index is 0.0407. The molecule has 1 aromatic rings. The molecule has 1 aliphatic rings. The summed E-state index contributed by atoms with van der Waals surface area (Å²) in [6.45, 7) is 3.17. The standard InChI is InChI=1S/C13H19N3O2S/c1-2-3-5-10-12(17)14-7-8-16(10)13(18)15-11-6-4-9-19-11/h4,6,9-10H,2-3,5,7-8H2,1H3,(H,14,17)(H,15,18)/t10-/m1/s1. The third-order valence-electron chi connectivity index (χ3n) is 3.17. The Morgan fingerprint density at radius 2 is 2.47 bits per heavy atom. The van der Waals surface area contributed by atoms with Crippen molar-refractivity contribution >= 4 is 28.3 Å². The van der Waals surface area contributed by atoms with Crippen molar-refractivity contribution < 1.29 is 9.59 Å². The minimum atomic E-state index is -0.339. The number of hydrogen-bond donors (Lipinski definition) is 2. The third-order valence-corrected chi connectivity index (χ3v) is 3.96. The van der Waals surface area contributed by atoms with Crippen LogP contribution in [0.5, 0.6) is 0 Å². The number of unbranched alkanes of at least 4 members (excludes halogenated alkanes) is 1.